The molecule has 1 saturated carbocycles. The summed E-state index contributed by atoms with van der Waals surface area (Å²) in [5, 5.41) is 18.5. The van der Waals surface area contributed by atoms with Crippen LogP contribution in [0.1, 0.15) is 50.1 Å². The Morgan fingerprint density at radius 2 is 1.83 bits per heavy atom. The third-order valence-electron chi connectivity index (χ3n) is 10.8. The molecule has 5 aromatic rings. The van der Waals surface area contributed by atoms with Crippen molar-refractivity contribution in [1.82, 2.24) is 39.9 Å². The van der Waals surface area contributed by atoms with Crippen molar-refractivity contribution in [3.8, 4) is 5.75 Å². The van der Waals surface area contributed by atoms with Gasteiger partial charge in [0.1, 0.15) is 10.7 Å². The molecular formula is C37H40ClN11O5. The number of likely N-dealkylation sites (N-methyl/N-ethyl adjacent to an activating group) is 1. The van der Waals surface area contributed by atoms with E-state index >= 15 is 0 Å². The molecule has 1 spiro atoms. The highest BCUT2D eigenvalue weighted by atomic mass is 35.5. The van der Waals surface area contributed by atoms with Crippen molar-refractivity contribution in [2.45, 2.75) is 50.5 Å². The van der Waals surface area contributed by atoms with Crippen LogP contribution in [-0.4, -0.2) is 79.8 Å². The first-order valence-corrected chi connectivity index (χ1v) is 18.3. The van der Waals surface area contributed by atoms with Gasteiger partial charge in [-0.15, -0.1) is 0 Å². The number of carbonyl (C=O) groups is 3. The Kier molecular flexibility index (Phi) is 9.08. The molecule has 0 radical (unpaired) electrons. The van der Waals surface area contributed by atoms with E-state index in [2.05, 4.69) is 53.4 Å². The number of pyridine rings is 2. The van der Waals surface area contributed by atoms with Crippen LogP contribution in [0.4, 0.5) is 23.1 Å². The molecule has 3 amide bonds. The average molecular weight is 754 g/mol. The van der Waals surface area contributed by atoms with Gasteiger partial charge in [0.25, 0.3) is 11.5 Å². The van der Waals surface area contributed by atoms with E-state index in [0.717, 1.165) is 55.4 Å². The fourth-order valence-corrected chi connectivity index (χ4v) is 8.00. The van der Waals surface area contributed by atoms with Crippen molar-refractivity contribution in [2.75, 3.05) is 42.3 Å². The van der Waals surface area contributed by atoms with Gasteiger partial charge in [-0.3, -0.25) is 33.7 Å². The van der Waals surface area contributed by atoms with Crippen molar-refractivity contribution in [1.29, 1.82) is 0 Å². The maximum absolute atomic E-state index is 12.7. The molecule has 2 saturated heterocycles. The first-order valence-electron chi connectivity index (χ1n) is 17.9. The molecule has 280 valence electrons. The molecule has 1 unspecified atom stereocenters. The highest BCUT2D eigenvalue weighted by Crippen LogP contribution is 2.46. The molecule has 3 fully saturated rings. The molecule has 8 rings (SSSR count). The molecule has 1 atom stereocenters. The van der Waals surface area contributed by atoms with Gasteiger partial charge in [0.15, 0.2) is 18.2 Å². The number of piperidine rings is 1. The number of aryl methyl sites for hydroxylation is 2. The van der Waals surface area contributed by atoms with Gasteiger partial charge in [0.05, 0.1) is 35.2 Å². The summed E-state index contributed by atoms with van der Waals surface area (Å²) in [6.45, 7) is 1.43. The Labute approximate surface area is 314 Å². The normalized spacial score (nSPS) is 18.4. The van der Waals surface area contributed by atoms with Crippen LogP contribution in [0, 0.1) is 5.41 Å². The zero-order valence-corrected chi connectivity index (χ0v) is 30.9. The molecule has 4 aromatic heterocycles. The smallest absolute Gasteiger partial charge is 0.294 e. The number of ether oxygens (including phenoxy) is 1. The van der Waals surface area contributed by atoms with Crippen LogP contribution in [0.25, 0.3) is 21.9 Å². The van der Waals surface area contributed by atoms with Crippen LogP contribution in [0.5, 0.6) is 5.75 Å². The predicted molar refractivity (Wildman–Crippen MR) is 203 cm³/mol. The van der Waals surface area contributed by atoms with Crippen LogP contribution in [0.2, 0.25) is 5.02 Å². The van der Waals surface area contributed by atoms with Crippen LogP contribution >= 0.6 is 11.6 Å². The fourth-order valence-electron chi connectivity index (χ4n) is 7.87. The van der Waals surface area contributed by atoms with Crippen LogP contribution in [-0.2, 0) is 28.5 Å². The zero-order valence-electron chi connectivity index (χ0n) is 30.1. The summed E-state index contributed by atoms with van der Waals surface area (Å²) in [6.07, 6.45) is 8.20. The van der Waals surface area contributed by atoms with Crippen LogP contribution < -0.4 is 36.5 Å². The average Bonchev–Trinajstić information content (AvgIpc) is 3.47. The van der Waals surface area contributed by atoms with E-state index in [-0.39, 0.29) is 35.5 Å². The topological polar surface area (TPSA) is 190 Å². The second-order valence-corrected chi connectivity index (χ2v) is 14.9. The van der Waals surface area contributed by atoms with Crippen LogP contribution in [0.15, 0.2) is 47.5 Å². The Morgan fingerprint density at radius 1 is 1.04 bits per heavy atom. The molecule has 16 nitrogen and oxygen atoms in total. The molecule has 17 heteroatoms. The van der Waals surface area contributed by atoms with Gasteiger partial charge in [0.2, 0.25) is 17.8 Å². The van der Waals surface area contributed by atoms with Gasteiger partial charge < -0.3 is 25.6 Å². The number of hydrogen-bond acceptors (Lipinski definition) is 12. The zero-order chi connectivity index (χ0) is 37.7. The van der Waals surface area contributed by atoms with E-state index in [4.69, 9.17) is 21.3 Å². The van der Waals surface area contributed by atoms with Gasteiger partial charge >= 0.3 is 0 Å². The summed E-state index contributed by atoms with van der Waals surface area (Å²) >= 11 is 6.53. The number of fused-ring (bicyclic) bond motifs is 2. The monoisotopic (exact) mass is 753 g/mol. The van der Waals surface area contributed by atoms with Crippen molar-refractivity contribution in [3.05, 3.63) is 63.8 Å². The standard InChI is InChI=1S/C37H40ClN11O5/c1-39-30(51)17-54-28-13-20-12-23(15-40-33(20)47(2)35(28)53)43-32-26(38)16-41-36(45-32)49-18-37(19-49)10-8-21(9-11-37)42-22-4-5-24-27(14-22)48(3)46-31(24)25-6-7-29(50)44-34(25)52/h4-5,12-16,21,25,42H,6-11,17-19H2,1-3H3,(H,39,51)(H,41,43,45)(H,44,50,52). The van der Waals surface area contributed by atoms with Crippen molar-refractivity contribution in [2.24, 2.45) is 19.5 Å². The van der Waals surface area contributed by atoms with Gasteiger partial charge in [0, 0.05) is 68.6 Å². The summed E-state index contributed by atoms with van der Waals surface area (Å²) in [5.74, 6) is -0.220. The molecular weight excluding hydrogens is 714 g/mol. The molecule has 6 heterocycles. The van der Waals surface area contributed by atoms with E-state index in [9.17, 15) is 19.2 Å². The summed E-state index contributed by atoms with van der Waals surface area (Å²) in [5.41, 5.74) is 3.55. The summed E-state index contributed by atoms with van der Waals surface area (Å²) in [4.78, 5) is 64.5. The maximum Gasteiger partial charge on any atom is 0.294 e. The quantitative estimate of drug-likeness (QED) is 0.161. The van der Waals surface area contributed by atoms with E-state index in [1.165, 1.54) is 11.6 Å². The number of carbonyl (C=O) groups excluding carboxylic acids is 3. The second kappa shape index (κ2) is 13.9. The number of aromatic nitrogens is 6. The molecule has 2 aliphatic heterocycles. The number of nitrogens with zero attached hydrogens (tertiary/aromatic N) is 7. The van der Waals surface area contributed by atoms with Gasteiger partial charge in [-0.05, 0) is 62.4 Å². The fraction of sp³-hybridized carbons (Fsp3) is 0.405. The van der Waals surface area contributed by atoms with E-state index in [1.807, 2.05) is 23.9 Å². The number of halogens is 1. The summed E-state index contributed by atoms with van der Waals surface area (Å²) in [6, 6.07) is 9.88. The number of nitrogens with one attached hydrogen (secondary N) is 4. The first kappa shape index (κ1) is 35.3. The van der Waals surface area contributed by atoms with E-state index in [1.54, 1.807) is 25.5 Å². The Hall–Kier alpha value is -5.77. The maximum atomic E-state index is 12.7. The largest absolute Gasteiger partial charge is 0.478 e. The van der Waals surface area contributed by atoms with Gasteiger partial charge in [-0.1, -0.05) is 11.6 Å². The predicted octanol–water partition coefficient (Wildman–Crippen LogP) is 3.51. The molecule has 3 aliphatic rings. The third kappa shape index (κ3) is 6.65. The summed E-state index contributed by atoms with van der Waals surface area (Å²) < 4.78 is 8.66. The van der Waals surface area contributed by atoms with Crippen molar-refractivity contribution in [3.63, 3.8) is 0 Å². The van der Waals surface area contributed by atoms with Gasteiger partial charge in [-0.2, -0.15) is 10.1 Å². The molecule has 1 aromatic carbocycles. The third-order valence-corrected chi connectivity index (χ3v) is 11.1. The minimum atomic E-state index is -0.429. The molecule has 1 aliphatic carbocycles. The van der Waals surface area contributed by atoms with Crippen molar-refractivity contribution >= 4 is 74.4 Å². The van der Waals surface area contributed by atoms with Crippen LogP contribution in [0.3, 0.4) is 0 Å². The Morgan fingerprint density at radius 3 is 2.59 bits per heavy atom. The lowest BCUT2D eigenvalue weighted by Crippen LogP contribution is -2.59. The van der Waals surface area contributed by atoms with Gasteiger partial charge in [-0.25, -0.2) is 9.97 Å². The first-order chi connectivity index (χ1) is 26.0. The Bertz CT molecular complexity index is 2380. The lowest BCUT2D eigenvalue weighted by atomic mass is 9.67. The number of imide groups is 1. The molecule has 0 bridgehead atoms. The number of anilines is 4. The van der Waals surface area contributed by atoms with E-state index < -0.39 is 11.5 Å². The SMILES string of the molecule is CNC(=O)COc1cc2cc(Nc3nc(N4CC5(CCC(Nc6ccc7c(C8CCC(=O)NC8=O)nn(C)c7c6)CC5)C4)ncc3Cl)cnc2n(C)c1=O. The minimum Gasteiger partial charge on any atom is -0.478 e. The highest BCUT2D eigenvalue weighted by molar-refractivity contribution is 6.33. The number of benzene rings is 1. The lowest BCUT2D eigenvalue weighted by Gasteiger charge is -2.53. The van der Waals surface area contributed by atoms with Crippen molar-refractivity contribution < 1.29 is 19.1 Å². The number of rotatable bonds is 9. The number of hydrogen-bond donors (Lipinski definition) is 4. The Balaban J connectivity index is 0.889. The second-order valence-electron chi connectivity index (χ2n) is 14.5. The molecule has 54 heavy (non-hydrogen) atoms. The molecule has 4 N–H and O–H groups in total. The lowest BCUT2D eigenvalue weighted by molar-refractivity contribution is -0.134. The van der Waals surface area contributed by atoms with E-state index in [0.29, 0.717) is 58.1 Å². The summed E-state index contributed by atoms with van der Waals surface area (Å²) in [7, 11) is 4.98. The highest BCUT2D eigenvalue weighted by Gasteiger charge is 2.46. The minimum absolute atomic E-state index is 0.0414. The number of amides is 3.